The predicted molar refractivity (Wildman–Crippen MR) is 74.6 cm³/mol. The molecule has 0 saturated carbocycles. The van der Waals surface area contributed by atoms with Crippen LogP contribution in [0.3, 0.4) is 0 Å². The number of hydrogen-bond acceptors (Lipinski definition) is 6. The molecule has 0 saturated heterocycles. The number of amides is 1. The number of nitrogens with zero attached hydrogens (tertiary/aromatic N) is 2. The molecule has 1 aromatic heterocycles. The van der Waals surface area contributed by atoms with E-state index in [1.54, 1.807) is 0 Å². The van der Waals surface area contributed by atoms with E-state index in [0.717, 1.165) is 0 Å². The quantitative estimate of drug-likeness (QED) is 0.501. The van der Waals surface area contributed by atoms with Crippen molar-refractivity contribution in [2.75, 3.05) is 12.3 Å². The van der Waals surface area contributed by atoms with Crippen LogP contribution in [-0.4, -0.2) is 36.1 Å². The first kappa shape index (κ1) is 14.9. The van der Waals surface area contributed by atoms with Crippen molar-refractivity contribution in [3.8, 4) is 0 Å². The average Bonchev–Trinajstić information content (AvgIpc) is 2.91. The third kappa shape index (κ3) is 3.55. The van der Waals surface area contributed by atoms with Crippen LogP contribution in [0.4, 0.5) is 5.69 Å². The molecular weight excluding hydrogens is 296 g/mol. The molecule has 0 bridgehead atoms. The Kier molecular flexibility index (Phi) is 4.19. The number of nitrogens with one attached hydrogen (secondary N) is 2. The maximum atomic E-state index is 12.1. The molecule has 0 atom stereocenters. The van der Waals surface area contributed by atoms with E-state index in [1.807, 2.05) is 0 Å². The number of H-pyrrole nitrogens is 1. The lowest BCUT2D eigenvalue weighted by Crippen LogP contribution is -2.27. The number of carbonyl (C=O) groups excluding carboxylic acids is 1. The molecule has 2 aromatic rings. The van der Waals surface area contributed by atoms with Gasteiger partial charge in [-0.05, 0) is 18.2 Å². The van der Waals surface area contributed by atoms with Crippen LogP contribution in [-0.2, 0) is 16.4 Å². The van der Waals surface area contributed by atoms with Crippen LogP contribution in [0.1, 0.15) is 16.2 Å². The molecule has 0 aliphatic heterocycles. The Bertz CT molecular complexity index is 741. The van der Waals surface area contributed by atoms with Gasteiger partial charge < -0.3 is 11.5 Å². The Labute approximate surface area is 120 Å². The highest BCUT2D eigenvalue weighted by Crippen LogP contribution is 2.19. The molecule has 0 aliphatic rings. The van der Waals surface area contributed by atoms with Gasteiger partial charge in [-0.2, -0.15) is 5.10 Å². The summed E-state index contributed by atoms with van der Waals surface area (Å²) in [6, 6.07) is 3.78. The highest BCUT2D eigenvalue weighted by molar-refractivity contribution is 7.89. The first-order valence-corrected chi connectivity index (χ1v) is 7.41. The molecule has 1 amide bonds. The summed E-state index contributed by atoms with van der Waals surface area (Å²) in [5, 5.41) is 6.28. The van der Waals surface area contributed by atoms with E-state index in [9.17, 15) is 13.2 Å². The normalized spacial score (nSPS) is 11.4. The summed E-state index contributed by atoms with van der Waals surface area (Å²) in [4.78, 5) is 14.8. The number of hydrogen-bond donors (Lipinski definition) is 4. The molecule has 0 fully saturated rings. The Balaban J connectivity index is 2.10. The van der Waals surface area contributed by atoms with Crippen molar-refractivity contribution in [2.45, 2.75) is 11.3 Å². The van der Waals surface area contributed by atoms with Gasteiger partial charge in [-0.15, -0.1) is 0 Å². The van der Waals surface area contributed by atoms with Crippen LogP contribution >= 0.6 is 0 Å². The second kappa shape index (κ2) is 5.89. The van der Waals surface area contributed by atoms with Gasteiger partial charge >= 0.3 is 0 Å². The summed E-state index contributed by atoms with van der Waals surface area (Å²) in [6.45, 7) is 0.133. The zero-order valence-electron chi connectivity index (χ0n) is 10.9. The van der Waals surface area contributed by atoms with E-state index in [4.69, 9.17) is 11.5 Å². The molecule has 1 heterocycles. The number of primary amides is 1. The summed E-state index contributed by atoms with van der Waals surface area (Å²) >= 11 is 0. The van der Waals surface area contributed by atoms with Gasteiger partial charge in [0.05, 0.1) is 5.69 Å². The fourth-order valence-electron chi connectivity index (χ4n) is 1.68. The van der Waals surface area contributed by atoms with Crippen molar-refractivity contribution < 1.29 is 13.2 Å². The predicted octanol–water partition coefficient (Wildman–Crippen LogP) is -0.993. The minimum atomic E-state index is -3.78. The number of rotatable bonds is 6. The van der Waals surface area contributed by atoms with Gasteiger partial charge in [0, 0.05) is 18.5 Å². The summed E-state index contributed by atoms with van der Waals surface area (Å²) in [5.41, 5.74) is 10.9. The van der Waals surface area contributed by atoms with E-state index < -0.39 is 15.9 Å². The van der Waals surface area contributed by atoms with Crippen LogP contribution in [0.15, 0.2) is 29.4 Å². The lowest BCUT2D eigenvalue weighted by molar-refractivity contribution is 0.1000. The van der Waals surface area contributed by atoms with Crippen LogP contribution in [0.5, 0.6) is 0 Å². The standard InChI is InChI=1S/C11H14N6O3S/c12-8-5-7(11(13)18)1-2-9(8)21(19,20)16-4-3-10-14-6-15-17-10/h1-2,5-6,16H,3-4,12H2,(H2,13,18)(H,14,15,17). The topological polar surface area (TPSA) is 157 Å². The molecule has 0 spiro atoms. The van der Waals surface area contributed by atoms with Crippen molar-refractivity contribution in [1.82, 2.24) is 19.9 Å². The monoisotopic (exact) mass is 310 g/mol. The molecule has 2 rings (SSSR count). The number of carbonyl (C=O) groups is 1. The molecule has 112 valence electrons. The second-order valence-corrected chi connectivity index (χ2v) is 5.93. The van der Waals surface area contributed by atoms with Crippen molar-refractivity contribution >= 4 is 21.6 Å². The lowest BCUT2D eigenvalue weighted by atomic mass is 10.2. The maximum Gasteiger partial charge on any atom is 0.248 e. The van der Waals surface area contributed by atoms with Crippen LogP contribution < -0.4 is 16.2 Å². The van der Waals surface area contributed by atoms with E-state index in [0.29, 0.717) is 12.2 Å². The molecule has 9 nitrogen and oxygen atoms in total. The average molecular weight is 310 g/mol. The van der Waals surface area contributed by atoms with Gasteiger partial charge in [-0.3, -0.25) is 9.89 Å². The third-order valence-electron chi connectivity index (χ3n) is 2.70. The summed E-state index contributed by atoms with van der Waals surface area (Å²) in [6.07, 6.45) is 1.70. The van der Waals surface area contributed by atoms with Crippen LogP contribution in [0.2, 0.25) is 0 Å². The zero-order chi connectivity index (χ0) is 15.5. The third-order valence-corrected chi connectivity index (χ3v) is 4.24. The van der Waals surface area contributed by atoms with Gasteiger partial charge in [-0.1, -0.05) is 0 Å². The van der Waals surface area contributed by atoms with E-state index >= 15 is 0 Å². The first-order chi connectivity index (χ1) is 9.90. The molecule has 10 heteroatoms. The number of aromatic amines is 1. The molecule has 21 heavy (non-hydrogen) atoms. The minimum Gasteiger partial charge on any atom is -0.398 e. The van der Waals surface area contributed by atoms with E-state index in [1.165, 1.54) is 24.5 Å². The van der Waals surface area contributed by atoms with Gasteiger partial charge in [-0.25, -0.2) is 18.1 Å². The Hall–Kier alpha value is -2.46. The number of nitrogen functional groups attached to an aromatic ring is 1. The summed E-state index contributed by atoms with van der Waals surface area (Å²) in [5.74, 6) is -0.112. The zero-order valence-corrected chi connectivity index (χ0v) is 11.7. The second-order valence-electron chi connectivity index (χ2n) is 4.20. The first-order valence-electron chi connectivity index (χ1n) is 5.93. The van der Waals surface area contributed by atoms with E-state index in [-0.39, 0.29) is 22.7 Å². The van der Waals surface area contributed by atoms with Gasteiger partial charge in [0.1, 0.15) is 17.0 Å². The van der Waals surface area contributed by atoms with E-state index in [2.05, 4.69) is 19.9 Å². The Morgan fingerprint density at radius 2 is 2.14 bits per heavy atom. The van der Waals surface area contributed by atoms with Crippen LogP contribution in [0, 0.1) is 0 Å². The lowest BCUT2D eigenvalue weighted by Gasteiger charge is -2.09. The molecule has 0 unspecified atom stereocenters. The maximum absolute atomic E-state index is 12.1. The van der Waals surface area contributed by atoms with Crippen LogP contribution in [0.25, 0.3) is 0 Å². The van der Waals surface area contributed by atoms with Crippen molar-refractivity contribution in [3.05, 3.63) is 35.9 Å². The summed E-state index contributed by atoms with van der Waals surface area (Å²) < 4.78 is 26.6. The Morgan fingerprint density at radius 1 is 1.38 bits per heavy atom. The number of sulfonamides is 1. The molecule has 6 N–H and O–H groups in total. The van der Waals surface area contributed by atoms with Crippen molar-refractivity contribution in [3.63, 3.8) is 0 Å². The largest absolute Gasteiger partial charge is 0.398 e. The SMILES string of the molecule is NC(=O)c1ccc(S(=O)(=O)NCCc2ncn[nH]2)c(N)c1. The summed E-state index contributed by atoms with van der Waals surface area (Å²) in [7, 11) is -3.78. The molecular formula is C11H14N6O3S. The van der Waals surface area contributed by atoms with Crippen molar-refractivity contribution in [1.29, 1.82) is 0 Å². The van der Waals surface area contributed by atoms with Gasteiger partial charge in [0.15, 0.2) is 0 Å². The smallest absolute Gasteiger partial charge is 0.248 e. The number of benzene rings is 1. The molecule has 1 aromatic carbocycles. The minimum absolute atomic E-state index is 0.0431. The molecule has 0 radical (unpaired) electrons. The fourth-order valence-corrected chi connectivity index (χ4v) is 2.82. The highest BCUT2D eigenvalue weighted by atomic mass is 32.2. The van der Waals surface area contributed by atoms with Gasteiger partial charge in [0.2, 0.25) is 15.9 Å². The Morgan fingerprint density at radius 3 is 2.71 bits per heavy atom. The number of nitrogens with two attached hydrogens (primary N) is 2. The fraction of sp³-hybridized carbons (Fsp3) is 0.182. The van der Waals surface area contributed by atoms with Gasteiger partial charge in [0.25, 0.3) is 0 Å². The number of anilines is 1. The molecule has 0 aliphatic carbocycles. The van der Waals surface area contributed by atoms with Crippen molar-refractivity contribution in [2.24, 2.45) is 5.73 Å². The highest BCUT2D eigenvalue weighted by Gasteiger charge is 2.18. The number of aromatic nitrogens is 3.